The average molecular weight is 1160 g/mol. The Morgan fingerprint density at radius 2 is 1.42 bits per heavy atom. The summed E-state index contributed by atoms with van der Waals surface area (Å²) in [6.07, 6.45) is -0.565. The lowest BCUT2D eigenvalue weighted by Gasteiger charge is -2.44. The van der Waals surface area contributed by atoms with Crippen LogP contribution in [0, 0.1) is 5.82 Å². The van der Waals surface area contributed by atoms with Gasteiger partial charge < -0.3 is 44.2 Å². The molecule has 0 radical (unpaired) electrons. The first-order valence-electron chi connectivity index (χ1n) is 28.2. The van der Waals surface area contributed by atoms with Crippen molar-refractivity contribution in [2.45, 2.75) is 113 Å². The van der Waals surface area contributed by atoms with Crippen molar-refractivity contribution in [1.82, 2.24) is 34.4 Å². The van der Waals surface area contributed by atoms with E-state index in [1.54, 1.807) is 23.9 Å². The largest absolute Gasteiger partial charge is 0.416 e. The minimum absolute atomic E-state index is 0.0261. The van der Waals surface area contributed by atoms with Crippen molar-refractivity contribution in [3.05, 3.63) is 117 Å². The molecule has 3 aliphatic heterocycles. The van der Waals surface area contributed by atoms with E-state index in [0.29, 0.717) is 88.2 Å². The third-order valence-corrected chi connectivity index (χ3v) is 17.5. The number of halogens is 7. The van der Waals surface area contributed by atoms with E-state index < -0.39 is 58.5 Å². The monoisotopic (exact) mass is 1160 g/mol. The van der Waals surface area contributed by atoms with Crippen molar-refractivity contribution in [3.8, 4) is 0 Å². The fourth-order valence-electron chi connectivity index (χ4n) is 11.7. The van der Waals surface area contributed by atoms with Crippen molar-refractivity contribution < 1.29 is 59.4 Å². The number of amides is 4. The van der Waals surface area contributed by atoms with E-state index >= 15 is 0 Å². The van der Waals surface area contributed by atoms with Gasteiger partial charge in [-0.25, -0.2) is 9.37 Å². The molecular weight excluding hydrogens is 1080 g/mol. The van der Waals surface area contributed by atoms with E-state index in [0.717, 1.165) is 67.6 Å². The second-order valence-corrected chi connectivity index (χ2v) is 23.1. The molecule has 1 spiro atoms. The molecule has 0 bridgehead atoms. The number of likely N-dealkylation sites (tertiary alicyclic amines) is 2. The summed E-state index contributed by atoms with van der Waals surface area (Å²) in [6.45, 7) is 6.48. The van der Waals surface area contributed by atoms with Gasteiger partial charge in [0, 0.05) is 83.2 Å². The average Bonchev–Trinajstić information content (AvgIpc) is 4.19. The number of likely N-dealkylation sites (N-methyl/N-ethyl adjacent to an activating group) is 3. The number of unbranched alkanes of at least 4 members (excludes halogenated alkanes) is 2. The summed E-state index contributed by atoms with van der Waals surface area (Å²) in [5, 5.41) is 5.99. The quantitative estimate of drug-likeness (QED) is 0.0535. The predicted molar refractivity (Wildman–Crippen MR) is 294 cm³/mol. The van der Waals surface area contributed by atoms with Crippen molar-refractivity contribution in [3.63, 3.8) is 0 Å². The Hall–Kier alpha value is -5.68. The number of anilines is 1. The number of fused-ring (bicyclic) bond motifs is 2. The highest BCUT2D eigenvalue weighted by Crippen LogP contribution is 2.48. The van der Waals surface area contributed by atoms with Gasteiger partial charge in [0.2, 0.25) is 17.7 Å². The van der Waals surface area contributed by atoms with E-state index in [1.807, 2.05) is 29.5 Å². The first-order valence-corrected chi connectivity index (χ1v) is 29.0. The van der Waals surface area contributed by atoms with Crippen molar-refractivity contribution in [1.29, 1.82) is 0 Å². The fourth-order valence-corrected chi connectivity index (χ4v) is 12.4. The molecule has 14 nitrogen and oxygen atoms in total. The van der Waals surface area contributed by atoms with Crippen molar-refractivity contribution in [2.24, 2.45) is 0 Å². The number of rotatable bonds is 24. The zero-order chi connectivity index (χ0) is 58.0. The van der Waals surface area contributed by atoms with Crippen LogP contribution in [0.15, 0.2) is 72.1 Å². The zero-order valence-corrected chi connectivity index (χ0v) is 47.3. The van der Waals surface area contributed by atoms with Crippen LogP contribution < -0.4 is 5.32 Å². The summed E-state index contributed by atoms with van der Waals surface area (Å²) >= 11 is 1.46. The van der Waals surface area contributed by atoms with Gasteiger partial charge in [0.15, 0.2) is 5.13 Å². The predicted octanol–water partition coefficient (Wildman–Crippen LogP) is 9.48. The van der Waals surface area contributed by atoms with Crippen LogP contribution in [0.5, 0.6) is 0 Å². The maximum Gasteiger partial charge on any atom is 0.416 e. The standard InChI is InChI=1S/C59H75F7N8O6S/c1-69(52(76)37-48-39-81-55(68-48)67-23-9-4-6-15-51(75)71(3)31-32-72-26-10-5-11-27-72)24-12-25-70(2)53(77)38-79-50-35-42-13-7-8-14-49(42)56(50)20-28-73(29-21-56)30-22-57(44-16-18-47(60)19-17-44)40-74(41-80-57)54(78)43-33-45(58(61,62)63)36-46(34-43)59(64,65)66/h7-8,13-14,16-19,33-34,36,39,50H,4-6,9-12,15,20-32,35,37-38,40-41H2,1-3H3,(H,67,68)/t50-,57+/m0/s1. The third kappa shape index (κ3) is 15.9. The molecule has 2 atom stereocenters. The molecular formula is C59H75F7N8O6S. The molecule has 4 aromatic rings. The summed E-state index contributed by atoms with van der Waals surface area (Å²) in [5.41, 5.74) is -2.12. The van der Waals surface area contributed by atoms with Crippen LogP contribution in [0.25, 0.3) is 0 Å². The highest BCUT2D eigenvalue weighted by atomic mass is 32.1. The number of hydrogen-bond acceptors (Lipinski definition) is 11. The first kappa shape index (κ1) is 61.4. The van der Waals surface area contributed by atoms with Gasteiger partial charge in [0.25, 0.3) is 5.91 Å². The third-order valence-electron chi connectivity index (χ3n) is 16.7. The lowest BCUT2D eigenvalue weighted by Crippen LogP contribution is -2.50. The van der Waals surface area contributed by atoms with Crippen LogP contribution >= 0.6 is 11.3 Å². The number of piperidine rings is 2. The second kappa shape index (κ2) is 27.1. The zero-order valence-electron chi connectivity index (χ0n) is 46.5. The molecule has 4 heterocycles. The van der Waals surface area contributed by atoms with Gasteiger partial charge in [0.1, 0.15) is 24.8 Å². The van der Waals surface area contributed by atoms with E-state index in [2.05, 4.69) is 32.2 Å². The van der Waals surface area contributed by atoms with Crippen molar-refractivity contribution in [2.75, 3.05) is 112 Å². The van der Waals surface area contributed by atoms with E-state index in [1.165, 1.54) is 60.4 Å². The molecule has 3 fully saturated rings. The number of thiazole rings is 1. The molecule has 22 heteroatoms. The molecule has 1 aromatic heterocycles. The molecule has 0 unspecified atom stereocenters. The molecule has 3 aromatic carbocycles. The lowest BCUT2D eigenvalue weighted by molar-refractivity contribution is -0.143. The number of nitrogens with one attached hydrogen (secondary N) is 1. The molecule has 3 saturated heterocycles. The summed E-state index contributed by atoms with van der Waals surface area (Å²) in [4.78, 5) is 68.5. The minimum Gasteiger partial charge on any atom is -0.367 e. The van der Waals surface area contributed by atoms with Crippen LogP contribution in [0.1, 0.15) is 114 Å². The number of hydrogen-bond donors (Lipinski definition) is 1. The van der Waals surface area contributed by atoms with Gasteiger partial charge in [-0.05, 0) is 131 Å². The summed E-state index contributed by atoms with van der Waals surface area (Å²) in [5.74, 6) is -1.65. The van der Waals surface area contributed by atoms with Crippen LogP contribution in [0.2, 0.25) is 0 Å². The van der Waals surface area contributed by atoms with Crippen LogP contribution in [0.3, 0.4) is 0 Å². The van der Waals surface area contributed by atoms with Crippen LogP contribution in [-0.2, 0) is 60.1 Å². The normalized spacial score (nSPS) is 19.4. The summed E-state index contributed by atoms with van der Waals surface area (Å²) < 4.78 is 109. The summed E-state index contributed by atoms with van der Waals surface area (Å²) in [7, 11) is 5.37. The Kier molecular flexibility index (Phi) is 20.6. The van der Waals surface area contributed by atoms with Gasteiger partial charge >= 0.3 is 12.4 Å². The Morgan fingerprint density at radius 3 is 2.11 bits per heavy atom. The minimum atomic E-state index is -5.14. The molecule has 8 rings (SSSR count). The maximum absolute atomic E-state index is 14.2. The molecule has 442 valence electrons. The number of nitrogens with zero attached hydrogens (tertiary/aromatic N) is 7. The molecule has 4 aliphatic rings. The number of benzene rings is 3. The van der Waals surface area contributed by atoms with Crippen molar-refractivity contribution >= 4 is 40.1 Å². The Bertz CT molecular complexity index is 2740. The maximum atomic E-state index is 14.2. The van der Waals surface area contributed by atoms with E-state index in [9.17, 15) is 49.9 Å². The molecule has 81 heavy (non-hydrogen) atoms. The highest BCUT2D eigenvalue weighted by Gasteiger charge is 2.50. The van der Waals surface area contributed by atoms with Gasteiger partial charge in [-0.2, -0.15) is 26.3 Å². The molecule has 1 aliphatic carbocycles. The van der Waals surface area contributed by atoms with Gasteiger partial charge in [-0.3, -0.25) is 19.2 Å². The topological polar surface area (TPSA) is 131 Å². The number of ether oxygens (including phenoxy) is 2. The first-order chi connectivity index (χ1) is 38.6. The highest BCUT2D eigenvalue weighted by molar-refractivity contribution is 7.13. The number of carbonyl (C=O) groups excluding carboxylic acids is 4. The van der Waals surface area contributed by atoms with Crippen LogP contribution in [0.4, 0.5) is 35.9 Å². The molecule has 0 saturated carbocycles. The number of carbonyl (C=O) groups is 4. The summed E-state index contributed by atoms with van der Waals surface area (Å²) in [6, 6.07) is 14.4. The Morgan fingerprint density at radius 1 is 0.765 bits per heavy atom. The number of aromatic nitrogens is 1. The molecule has 1 N–H and O–H groups in total. The van der Waals surface area contributed by atoms with Gasteiger partial charge in [0.05, 0.1) is 35.9 Å². The smallest absolute Gasteiger partial charge is 0.367 e. The molecule has 4 amide bonds. The lowest BCUT2D eigenvalue weighted by atomic mass is 9.72. The van der Waals surface area contributed by atoms with Gasteiger partial charge in [-0.15, -0.1) is 11.3 Å². The SMILES string of the molecule is CN(CCN1CCCCC1)C(=O)CCCCCNc1nc(CC(=O)N(C)CCCN(C)C(=O)CO[C@H]2Cc3ccccc3C23CCN(CC[C@]2(c4ccc(F)cc4)CN(C(=O)c4cc(C(F)(F)F)cc(C(F)(F)F)c4)CO2)CC3)cs1. The fraction of sp³-hybridized carbons (Fsp3) is 0.576. The number of alkyl halides is 6. The van der Waals surface area contributed by atoms with E-state index in [-0.39, 0.29) is 55.9 Å². The van der Waals surface area contributed by atoms with Crippen LogP contribution in [-0.4, -0.2) is 171 Å². The Balaban J connectivity index is 0.767. The van der Waals surface area contributed by atoms with Gasteiger partial charge in [-0.1, -0.05) is 49.2 Å². The second-order valence-electron chi connectivity index (χ2n) is 22.2. The Labute approximate surface area is 473 Å². The van der Waals surface area contributed by atoms with E-state index in [4.69, 9.17) is 9.47 Å².